The van der Waals surface area contributed by atoms with Gasteiger partial charge in [0.05, 0.1) is 0 Å². The lowest BCUT2D eigenvalue weighted by Crippen LogP contribution is -2.55. The summed E-state index contributed by atoms with van der Waals surface area (Å²) in [6, 6.07) is 3.13. The fraction of sp³-hybridized carbons (Fsp3) is 0.667. The van der Waals surface area contributed by atoms with Gasteiger partial charge in [0.25, 0.3) is 0 Å². The zero-order valence-electron chi connectivity index (χ0n) is 22.5. The molecular formula is C27H43N3O5. The Hall–Kier alpha value is -2.77. The van der Waals surface area contributed by atoms with Gasteiger partial charge in [0.1, 0.15) is 23.4 Å². The Bertz CT molecular complexity index is 909. The van der Waals surface area contributed by atoms with Crippen molar-refractivity contribution in [2.45, 2.75) is 98.4 Å². The summed E-state index contributed by atoms with van der Waals surface area (Å²) in [6.07, 6.45) is 1.78. The maximum atomic E-state index is 14.1. The largest absolute Gasteiger partial charge is 0.507 e. The number of hydrogen-bond donors (Lipinski definition) is 3. The van der Waals surface area contributed by atoms with Crippen molar-refractivity contribution in [3.8, 4) is 5.75 Å². The van der Waals surface area contributed by atoms with E-state index >= 15 is 0 Å². The van der Waals surface area contributed by atoms with Gasteiger partial charge in [0.2, 0.25) is 11.8 Å². The van der Waals surface area contributed by atoms with Crippen molar-refractivity contribution in [3.63, 3.8) is 0 Å². The number of para-hydroxylation sites is 1. The molecular weight excluding hydrogens is 446 g/mol. The Kier molecular flexibility index (Phi) is 9.58. The predicted molar refractivity (Wildman–Crippen MR) is 136 cm³/mol. The summed E-state index contributed by atoms with van der Waals surface area (Å²) in [4.78, 5) is 41.7. The number of phenols is 1. The molecule has 0 aliphatic heterocycles. The first-order chi connectivity index (χ1) is 16.3. The maximum Gasteiger partial charge on any atom is 0.408 e. The second-order valence-corrected chi connectivity index (χ2v) is 11.0. The van der Waals surface area contributed by atoms with Crippen LogP contribution in [0.4, 0.5) is 4.79 Å². The van der Waals surface area contributed by atoms with E-state index in [4.69, 9.17) is 4.74 Å². The molecule has 1 aliphatic rings. The molecule has 8 heteroatoms. The van der Waals surface area contributed by atoms with Gasteiger partial charge < -0.3 is 25.4 Å². The fourth-order valence-electron chi connectivity index (χ4n) is 4.09. The van der Waals surface area contributed by atoms with E-state index in [9.17, 15) is 19.5 Å². The highest BCUT2D eigenvalue weighted by molar-refractivity contribution is 5.93. The van der Waals surface area contributed by atoms with Crippen LogP contribution in [0.25, 0.3) is 0 Å². The number of nitrogens with one attached hydrogen (secondary N) is 2. The third-order valence-corrected chi connectivity index (χ3v) is 6.20. The van der Waals surface area contributed by atoms with E-state index < -0.39 is 23.8 Å². The van der Waals surface area contributed by atoms with E-state index in [2.05, 4.69) is 10.6 Å². The zero-order valence-corrected chi connectivity index (χ0v) is 22.5. The Balaban J connectivity index is 2.50. The predicted octanol–water partition coefficient (Wildman–Crippen LogP) is 4.44. The van der Waals surface area contributed by atoms with Crippen molar-refractivity contribution < 1.29 is 24.2 Å². The molecule has 8 nitrogen and oxygen atoms in total. The number of phenolic OH excluding ortho intramolecular Hbond substituents is 1. The summed E-state index contributed by atoms with van der Waals surface area (Å²) in [6.45, 7) is 15.3. The monoisotopic (exact) mass is 489 g/mol. The molecule has 3 amide bonds. The van der Waals surface area contributed by atoms with Crippen LogP contribution in [0.2, 0.25) is 0 Å². The molecule has 35 heavy (non-hydrogen) atoms. The van der Waals surface area contributed by atoms with Gasteiger partial charge in [-0.25, -0.2) is 4.79 Å². The smallest absolute Gasteiger partial charge is 0.408 e. The van der Waals surface area contributed by atoms with Crippen LogP contribution >= 0.6 is 0 Å². The molecule has 4 atom stereocenters. The molecule has 0 spiro atoms. The van der Waals surface area contributed by atoms with Crippen LogP contribution in [0.5, 0.6) is 5.75 Å². The Morgan fingerprint density at radius 1 is 1.23 bits per heavy atom. The van der Waals surface area contributed by atoms with Crippen LogP contribution in [0.3, 0.4) is 0 Å². The van der Waals surface area contributed by atoms with Gasteiger partial charge in [0.15, 0.2) is 0 Å². The third-order valence-electron chi connectivity index (χ3n) is 6.20. The van der Waals surface area contributed by atoms with Crippen LogP contribution in [0.15, 0.2) is 18.2 Å². The number of benzene rings is 1. The van der Waals surface area contributed by atoms with Crippen LogP contribution in [0, 0.1) is 18.8 Å². The molecule has 2 rings (SSSR count). The second kappa shape index (κ2) is 11.8. The van der Waals surface area contributed by atoms with Gasteiger partial charge in [0, 0.05) is 18.2 Å². The van der Waals surface area contributed by atoms with E-state index in [1.54, 1.807) is 50.8 Å². The Morgan fingerprint density at radius 2 is 1.86 bits per heavy atom. The third kappa shape index (κ3) is 7.61. The Morgan fingerprint density at radius 3 is 2.37 bits per heavy atom. The van der Waals surface area contributed by atoms with E-state index in [0.717, 1.165) is 19.3 Å². The molecule has 1 aliphatic carbocycles. The standard InChI is InChI=1S/C27H43N3O5/c1-9-10-14-28-24(32)22(19-13-11-12-17(4)23(19)31)30(20-15-18(20)5)25(33)21(16(2)3)29-26(34)35-27(6,7)8/h11-13,16,18,20-22,31H,9-10,14-15H2,1-8H3,(H,28,32)(H,29,34). The molecule has 0 radical (unpaired) electrons. The average Bonchev–Trinajstić information content (AvgIpc) is 3.46. The molecule has 3 N–H and O–H groups in total. The zero-order chi connectivity index (χ0) is 26.5. The number of ether oxygens (including phenoxy) is 1. The number of carbonyl (C=O) groups excluding carboxylic acids is 3. The first kappa shape index (κ1) is 28.5. The number of alkyl carbamates (subject to hydrolysis) is 1. The van der Waals surface area contributed by atoms with Gasteiger partial charge in [-0.2, -0.15) is 0 Å². The number of aromatic hydroxyl groups is 1. The molecule has 0 aromatic heterocycles. The molecule has 0 heterocycles. The van der Waals surface area contributed by atoms with Crippen LogP contribution in [-0.4, -0.2) is 52.1 Å². The molecule has 1 fully saturated rings. The number of unbranched alkanes of at least 4 members (excludes halogenated alkanes) is 1. The van der Waals surface area contributed by atoms with Crippen LogP contribution in [-0.2, 0) is 14.3 Å². The summed E-state index contributed by atoms with van der Waals surface area (Å²) in [7, 11) is 0. The van der Waals surface area contributed by atoms with Crippen molar-refractivity contribution in [3.05, 3.63) is 29.3 Å². The van der Waals surface area contributed by atoms with Crippen LogP contribution < -0.4 is 10.6 Å². The molecule has 0 bridgehead atoms. The quantitative estimate of drug-likeness (QED) is 0.421. The number of rotatable bonds is 10. The molecule has 1 aromatic rings. The van der Waals surface area contributed by atoms with E-state index in [1.165, 1.54) is 0 Å². The first-order valence-corrected chi connectivity index (χ1v) is 12.7. The van der Waals surface area contributed by atoms with Crippen molar-refractivity contribution in [1.29, 1.82) is 0 Å². The van der Waals surface area contributed by atoms with Gasteiger partial charge in [-0.15, -0.1) is 0 Å². The number of amides is 3. The maximum absolute atomic E-state index is 14.1. The topological polar surface area (TPSA) is 108 Å². The number of aryl methyl sites for hydroxylation is 1. The van der Waals surface area contributed by atoms with E-state index in [-0.39, 0.29) is 35.4 Å². The fourth-order valence-corrected chi connectivity index (χ4v) is 4.09. The highest BCUT2D eigenvalue weighted by Crippen LogP contribution is 2.43. The minimum absolute atomic E-state index is 0.00422. The number of hydrogen-bond acceptors (Lipinski definition) is 5. The average molecular weight is 490 g/mol. The summed E-state index contributed by atoms with van der Waals surface area (Å²) < 4.78 is 5.40. The molecule has 1 saturated carbocycles. The lowest BCUT2D eigenvalue weighted by molar-refractivity contribution is -0.144. The first-order valence-electron chi connectivity index (χ1n) is 12.7. The Labute approximate surface area is 209 Å². The van der Waals surface area contributed by atoms with Crippen molar-refractivity contribution in [2.24, 2.45) is 11.8 Å². The molecule has 1 aromatic carbocycles. The highest BCUT2D eigenvalue weighted by Gasteiger charge is 2.49. The number of nitrogens with zero attached hydrogens (tertiary/aromatic N) is 1. The number of carbonyl (C=O) groups is 3. The second-order valence-electron chi connectivity index (χ2n) is 11.0. The van der Waals surface area contributed by atoms with E-state index in [0.29, 0.717) is 17.7 Å². The summed E-state index contributed by atoms with van der Waals surface area (Å²) in [5.74, 6) is -0.758. The lowest BCUT2D eigenvalue weighted by Gasteiger charge is -2.36. The summed E-state index contributed by atoms with van der Waals surface area (Å²) in [5.41, 5.74) is 0.289. The molecule has 0 saturated heterocycles. The molecule has 4 unspecified atom stereocenters. The minimum atomic E-state index is -1.02. The van der Waals surface area contributed by atoms with Gasteiger partial charge in [-0.1, -0.05) is 52.3 Å². The van der Waals surface area contributed by atoms with Gasteiger partial charge in [-0.05, 0) is 57.9 Å². The summed E-state index contributed by atoms with van der Waals surface area (Å²) in [5, 5.41) is 16.6. The van der Waals surface area contributed by atoms with Crippen LogP contribution in [0.1, 0.15) is 84.9 Å². The van der Waals surface area contributed by atoms with Gasteiger partial charge >= 0.3 is 6.09 Å². The van der Waals surface area contributed by atoms with Gasteiger partial charge in [-0.3, -0.25) is 9.59 Å². The highest BCUT2D eigenvalue weighted by atomic mass is 16.6. The summed E-state index contributed by atoms with van der Waals surface area (Å²) >= 11 is 0. The minimum Gasteiger partial charge on any atom is -0.507 e. The van der Waals surface area contributed by atoms with E-state index in [1.807, 2.05) is 27.7 Å². The molecule has 196 valence electrons. The van der Waals surface area contributed by atoms with Crippen molar-refractivity contribution >= 4 is 17.9 Å². The lowest BCUT2D eigenvalue weighted by atomic mass is 9.96. The van der Waals surface area contributed by atoms with Crippen molar-refractivity contribution in [2.75, 3.05) is 6.54 Å². The normalized spacial score (nSPS) is 19.0. The SMILES string of the molecule is CCCCNC(=O)C(c1cccc(C)c1O)N(C(=O)C(NC(=O)OC(C)(C)C)C(C)C)C1CC1C. The van der Waals surface area contributed by atoms with Crippen molar-refractivity contribution in [1.82, 2.24) is 15.5 Å².